The number of carbonyl (C=O) groups excluding carboxylic acids is 1. The number of esters is 1. The zero-order chi connectivity index (χ0) is 11.4. The quantitative estimate of drug-likeness (QED) is 0.193. The first-order valence-corrected chi connectivity index (χ1v) is 5.43. The van der Waals surface area contributed by atoms with Gasteiger partial charge in [0.05, 0.1) is 6.61 Å². The Labute approximate surface area is 80.0 Å². The number of hydrogen-bond acceptors (Lipinski definition) is 6. The Kier molecular flexibility index (Phi) is 5.21. The van der Waals surface area contributed by atoms with Crippen LogP contribution in [0.1, 0.15) is 0 Å². The summed E-state index contributed by atoms with van der Waals surface area (Å²) < 4.78 is 14.7. The molecule has 84 valence electrons. The highest BCUT2D eigenvalue weighted by atomic mass is 31.2. The van der Waals surface area contributed by atoms with Crippen LogP contribution >= 0.6 is 7.60 Å². The van der Waals surface area contributed by atoms with Gasteiger partial charge in [0.25, 0.3) is 0 Å². The third-order valence-corrected chi connectivity index (χ3v) is 2.02. The number of aliphatic hydroxyl groups excluding tert-OH is 1. The highest BCUT2D eigenvalue weighted by molar-refractivity contribution is 7.51. The molecule has 0 amide bonds. The maximum Gasteiger partial charge on any atom is 0.330 e. The molecule has 0 radical (unpaired) electrons. The Morgan fingerprint density at radius 2 is 1.93 bits per heavy atom. The van der Waals surface area contributed by atoms with Gasteiger partial charge in [-0.3, -0.25) is 15.1 Å². The van der Waals surface area contributed by atoms with Crippen LogP contribution in [0.25, 0.3) is 0 Å². The third-order valence-electron chi connectivity index (χ3n) is 1.18. The Balaban J connectivity index is 4.01. The summed E-state index contributed by atoms with van der Waals surface area (Å²) in [5, 5.41) is 8.43. The summed E-state index contributed by atoms with van der Waals surface area (Å²) >= 11 is 0. The fraction of sp³-hybridized carbons (Fsp3) is 0.800. The molecule has 0 aliphatic heterocycles. The van der Waals surface area contributed by atoms with Gasteiger partial charge in [-0.2, -0.15) is 0 Å². The second-order valence-electron chi connectivity index (χ2n) is 2.61. The van der Waals surface area contributed by atoms with E-state index in [1.807, 2.05) is 0 Å². The monoisotopic (exact) mass is 228 g/mol. The molecule has 0 saturated heterocycles. The molecule has 0 heterocycles. The molecule has 0 fully saturated rings. The summed E-state index contributed by atoms with van der Waals surface area (Å²) in [6, 6.07) is -1.25. The highest BCUT2D eigenvalue weighted by Crippen LogP contribution is 2.34. The van der Waals surface area contributed by atoms with Crippen LogP contribution in [0.15, 0.2) is 0 Å². The van der Waals surface area contributed by atoms with E-state index in [-0.39, 0.29) is 0 Å². The van der Waals surface area contributed by atoms with Gasteiger partial charge in [-0.15, -0.1) is 0 Å². The van der Waals surface area contributed by atoms with Gasteiger partial charge < -0.3 is 25.4 Å². The zero-order valence-corrected chi connectivity index (χ0v) is 8.13. The largest absolute Gasteiger partial charge is 0.445 e. The Morgan fingerprint density at radius 3 is 2.29 bits per heavy atom. The number of nitrogens with two attached hydrogens (primary N) is 2. The Bertz CT molecular complexity index is 240. The number of ether oxygens (including phenoxy) is 1. The van der Waals surface area contributed by atoms with Gasteiger partial charge in [-0.1, -0.05) is 0 Å². The first-order chi connectivity index (χ1) is 6.26. The van der Waals surface area contributed by atoms with Crippen LogP contribution in [0, 0.1) is 0 Å². The molecular weight excluding hydrogens is 215 g/mol. The molecule has 14 heavy (non-hydrogen) atoms. The lowest BCUT2D eigenvalue weighted by Crippen LogP contribution is -2.41. The van der Waals surface area contributed by atoms with Crippen LogP contribution in [0.4, 0.5) is 0 Å². The SMILES string of the molecule is NC(CP(=O)(O)O)OC(=O)[C@@H](N)CO. The average molecular weight is 228 g/mol. The first kappa shape index (κ1) is 13.5. The van der Waals surface area contributed by atoms with E-state index in [2.05, 4.69) is 4.74 Å². The predicted molar refractivity (Wildman–Crippen MR) is 46.0 cm³/mol. The van der Waals surface area contributed by atoms with Gasteiger partial charge in [-0.05, 0) is 0 Å². The Hall–Kier alpha value is -0.500. The molecule has 0 aliphatic carbocycles. The molecule has 8 nitrogen and oxygen atoms in total. The molecule has 2 atom stereocenters. The molecule has 0 aromatic heterocycles. The van der Waals surface area contributed by atoms with Crippen molar-refractivity contribution < 1.29 is 29.0 Å². The average Bonchev–Trinajstić information content (AvgIpc) is 1.99. The molecule has 1 unspecified atom stereocenters. The number of rotatable bonds is 5. The Morgan fingerprint density at radius 1 is 1.43 bits per heavy atom. The lowest BCUT2D eigenvalue weighted by Gasteiger charge is -2.15. The van der Waals surface area contributed by atoms with Crippen LogP contribution in [0.5, 0.6) is 0 Å². The van der Waals surface area contributed by atoms with Gasteiger partial charge in [0.15, 0.2) is 6.23 Å². The van der Waals surface area contributed by atoms with Gasteiger partial charge in [0.2, 0.25) is 0 Å². The molecule has 0 aromatic rings. The smallest absolute Gasteiger partial charge is 0.330 e. The summed E-state index contributed by atoms with van der Waals surface area (Å²) in [6.07, 6.45) is -2.21. The van der Waals surface area contributed by atoms with Crippen molar-refractivity contribution in [1.82, 2.24) is 0 Å². The fourth-order valence-electron chi connectivity index (χ4n) is 0.583. The topological polar surface area (TPSA) is 156 Å². The van der Waals surface area contributed by atoms with Crippen LogP contribution in [0.2, 0.25) is 0 Å². The molecular formula is C5H13N2O6P. The minimum absolute atomic E-state index is 0.624. The maximum absolute atomic E-state index is 10.8. The molecule has 7 N–H and O–H groups in total. The summed E-state index contributed by atoms with van der Waals surface area (Å²) in [5.74, 6) is -1.01. The minimum atomic E-state index is -4.32. The van der Waals surface area contributed by atoms with Crippen molar-refractivity contribution in [3.63, 3.8) is 0 Å². The molecule has 9 heteroatoms. The van der Waals surface area contributed by atoms with Crippen molar-refractivity contribution in [2.75, 3.05) is 12.8 Å². The second kappa shape index (κ2) is 5.40. The summed E-state index contributed by atoms with van der Waals surface area (Å²) in [6.45, 7) is -0.624. The lowest BCUT2D eigenvalue weighted by molar-refractivity contribution is -0.150. The van der Waals surface area contributed by atoms with Gasteiger partial charge in [0.1, 0.15) is 12.2 Å². The van der Waals surface area contributed by atoms with Crippen molar-refractivity contribution in [2.24, 2.45) is 11.5 Å². The van der Waals surface area contributed by atoms with Crippen molar-refractivity contribution in [3.05, 3.63) is 0 Å². The molecule has 0 aliphatic rings. The van der Waals surface area contributed by atoms with Gasteiger partial charge >= 0.3 is 13.6 Å². The zero-order valence-electron chi connectivity index (χ0n) is 7.24. The van der Waals surface area contributed by atoms with Crippen LogP contribution in [0.3, 0.4) is 0 Å². The fourth-order valence-corrected chi connectivity index (χ4v) is 1.13. The molecule has 0 rings (SSSR count). The molecule has 0 saturated carbocycles. The predicted octanol–water partition coefficient (Wildman–Crippen LogP) is -2.69. The second-order valence-corrected chi connectivity index (χ2v) is 4.31. The minimum Gasteiger partial charge on any atom is -0.445 e. The summed E-state index contributed by atoms with van der Waals surface area (Å²) in [4.78, 5) is 27.7. The molecule has 0 bridgehead atoms. The van der Waals surface area contributed by atoms with E-state index in [9.17, 15) is 9.36 Å². The molecule has 0 spiro atoms. The van der Waals surface area contributed by atoms with Crippen molar-refractivity contribution in [3.8, 4) is 0 Å². The van der Waals surface area contributed by atoms with E-state index in [1.54, 1.807) is 0 Å². The normalized spacial score (nSPS) is 16.1. The van der Waals surface area contributed by atoms with E-state index in [0.29, 0.717) is 0 Å². The van der Waals surface area contributed by atoms with Crippen molar-refractivity contribution >= 4 is 13.6 Å². The first-order valence-electron chi connectivity index (χ1n) is 3.63. The van der Waals surface area contributed by atoms with E-state index in [4.69, 9.17) is 26.4 Å². The highest BCUT2D eigenvalue weighted by Gasteiger charge is 2.23. The van der Waals surface area contributed by atoms with E-state index in [1.165, 1.54) is 0 Å². The van der Waals surface area contributed by atoms with Crippen molar-refractivity contribution in [2.45, 2.75) is 12.3 Å². The number of hydrogen-bond donors (Lipinski definition) is 5. The van der Waals surface area contributed by atoms with Gasteiger partial charge in [-0.25, -0.2) is 0 Å². The van der Waals surface area contributed by atoms with Crippen molar-refractivity contribution in [1.29, 1.82) is 0 Å². The van der Waals surface area contributed by atoms with E-state index < -0.39 is 38.6 Å². The van der Waals surface area contributed by atoms with Crippen LogP contribution < -0.4 is 11.5 Å². The van der Waals surface area contributed by atoms with Crippen LogP contribution in [-0.4, -0.2) is 45.9 Å². The lowest BCUT2D eigenvalue weighted by atomic mass is 10.3. The van der Waals surface area contributed by atoms with Crippen LogP contribution in [-0.2, 0) is 14.1 Å². The summed E-state index contributed by atoms with van der Waals surface area (Å²) in [7, 11) is -4.32. The molecule has 0 aromatic carbocycles. The number of carbonyl (C=O) groups is 1. The standard InChI is InChI=1S/C5H13N2O6P/c6-3(1-8)5(9)13-4(7)2-14(10,11)12/h3-4,8H,1-2,6-7H2,(H2,10,11,12)/t3-,4?/m0/s1. The maximum atomic E-state index is 10.8. The number of aliphatic hydroxyl groups is 1. The summed E-state index contributed by atoms with van der Waals surface area (Å²) in [5.41, 5.74) is 10.1. The van der Waals surface area contributed by atoms with Gasteiger partial charge in [0, 0.05) is 0 Å². The third kappa shape index (κ3) is 6.03. The van der Waals surface area contributed by atoms with E-state index >= 15 is 0 Å². The van der Waals surface area contributed by atoms with E-state index in [0.717, 1.165) is 0 Å².